The van der Waals surface area contributed by atoms with E-state index in [2.05, 4.69) is 5.32 Å². The number of carbonyl (C=O) groups is 2. The summed E-state index contributed by atoms with van der Waals surface area (Å²) >= 11 is 5.82. The number of carbonyl (C=O) groups excluding carboxylic acids is 2. The normalized spacial score (nSPS) is 16.0. The summed E-state index contributed by atoms with van der Waals surface area (Å²) in [7, 11) is -3.75. The van der Waals surface area contributed by atoms with Crippen LogP contribution in [0.2, 0.25) is 5.02 Å². The molecule has 0 aromatic heterocycles. The number of benzene rings is 2. The second kappa shape index (κ2) is 10.1. The summed E-state index contributed by atoms with van der Waals surface area (Å²) in [6.07, 6.45) is 0. The Kier molecular flexibility index (Phi) is 7.71. The molecule has 1 saturated heterocycles. The van der Waals surface area contributed by atoms with Gasteiger partial charge >= 0.3 is 0 Å². The fourth-order valence-corrected chi connectivity index (χ4v) is 5.09. The number of rotatable bonds is 6. The summed E-state index contributed by atoms with van der Waals surface area (Å²) in [4.78, 5) is 27.1. The van der Waals surface area contributed by atoms with E-state index < -0.39 is 45.1 Å². The first-order valence-electron chi connectivity index (χ1n) is 10.3. The molecular weight excluding hydrogens is 476 g/mol. The molecule has 1 aliphatic heterocycles. The maximum Gasteiger partial charge on any atom is 0.257 e. The van der Waals surface area contributed by atoms with E-state index in [-0.39, 0.29) is 37.0 Å². The van der Waals surface area contributed by atoms with Crippen LogP contribution in [0, 0.1) is 17.6 Å². The van der Waals surface area contributed by atoms with Crippen LogP contribution in [0.4, 0.5) is 8.78 Å². The minimum absolute atomic E-state index is 0.0669. The predicted octanol–water partition coefficient (Wildman–Crippen LogP) is 2.91. The summed E-state index contributed by atoms with van der Waals surface area (Å²) in [6, 6.07) is 7.85. The van der Waals surface area contributed by atoms with E-state index in [0.29, 0.717) is 5.02 Å². The molecule has 1 heterocycles. The van der Waals surface area contributed by atoms with Crippen molar-refractivity contribution in [3.8, 4) is 0 Å². The van der Waals surface area contributed by atoms with Gasteiger partial charge in [-0.25, -0.2) is 17.2 Å². The molecular formula is C22H24ClF2N3O4S. The van der Waals surface area contributed by atoms with E-state index in [1.54, 1.807) is 13.8 Å². The summed E-state index contributed by atoms with van der Waals surface area (Å²) < 4.78 is 54.9. The van der Waals surface area contributed by atoms with E-state index in [9.17, 15) is 26.8 Å². The van der Waals surface area contributed by atoms with Gasteiger partial charge in [0.2, 0.25) is 15.9 Å². The number of sulfonamides is 1. The Morgan fingerprint density at radius 2 is 1.52 bits per heavy atom. The average molecular weight is 500 g/mol. The van der Waals surface area contributed by atoms with Crippen LogP contribution in [0.25, 0.3) is 0 Å². The Morgan fingerprint density at radius 1 is 0.970 bits per heavy atom. The molecule has 1 atom stereocenters. The van der Waals surface area contributed by atoms with Crippen LogP contribution in [0.1, 0.15) is 24.2 Å². The molecule has 2 amide bonds. The van der Waals surface area contributed by atoms with Crippen LogP contribution in [0.3, 0.4) is 0 Å². The van der Waals surface area contributed by atoms with Gasteiger partial charge in [-0.15, -0.1) is 0 Å². The molecule has 11 heteroatoms. The zero-order chi connectivity index (χ0) is 24.3. The van der Waals surface area contributed by atoms with Gasteiger partial charge in [-0.3, -0.25) is 9.59 Å². The molecule has 7 nitrogen and oxygen atoms in total. The number of nitrogens with zero attached hydrogens (tertiary/aromatic N) is 2. The second-order valence-corrected chi connectivity index (χ2v) is 10.3. The Labute approximate surface area is 196 Å². The Hall–Kier alpha value is -2.56. The van der Waals surface area contributed by atoms with Crippen LogP contribution in [-0.4, -0.2) is 61.7 Å². The van der Waals surface area contributed by atoms with Crippen LogP contribution in [0.15, 0.2) is 47.4 Å². The molecule has 2 aromatic carbocycles. The van der Waals surface area contributed by atoms with Gasteiger partial charge in [0.1, 0.15) is 23.2 Å². The highest BCUT2D eigenvalue weighted by atomic mass is 35.5. The van der Waals surface area contributed by atoms with Gasteiger partial charge in [-0.05, 0) is 42.3 Å². The van der Waals surface area contributed by atoms with Crippen molar-refractivity contribution >= 4 is 33.4 Å². The second-order valence-electron chi connectivity index (χ2n) is 7.98. The number of piperazine rings is 1. The molecule has 178 valence electrons. The molecule has 0 bridgehead atoms. The SMILES string of the molecule is CC(C)[C@H](NC(=O)c1c(F)cccc1F)C(=O)N1CCN(S(=O)(=O)c2ccc(Cl)cc2)CC1. The third-order valence-corrected chi connectivity index (χ3v) is 7.58. The number of halogens is 3. The first-order valence-corrected chi connectivity index (χ1v) is 12.1. The Balaban J connectivity index is 1.68. The van der Waals surface area contributed by atoms with E-state index in [0.717, 1.165) is 18.2 Å². The summed E-state index contributed by atoms with van der Waals surface area (Å²) in [6.45, 7) is 3.75. The van der Waals surface area contributed by atoms with Crippen LogP contribution < -0.4 is 5.32 Å². The van der Waals surface area contributed by atoms with Crippen molar-refractivity contribution in [1.82, 2.24) is 14.5 Å². The van der Waals surface area contributed by atoms with Gasteiger partial charge in [0.25, 0.3) is 5.91 Å². The number of amides is 2. The fourth-order valence-electron chi connectivity index (χ4n) is 3.54. The lowest BCUT2D eigenvalue weighted by molar-refractivity contribution is -0.135. The van der Waals surface area contributed by atoms with Crippen molar-refractivity contribution < 1.29 is 26.8 Å². The molecule has 1 aliphatic rings. The zero-order valence-electron chi connectivity index (χ0n) is 18.1. The molecule has 3 rings (SSSR count). The maximum atomic E-state index is 14.0. The zero-order valence-corrected chi connectivity index (χ0v) is 19.7. The number of nitrogens with one attached hydrogen (secondary N) is 1. The number of hydrogen-bond acceptors (Lipinski definition) is 4. The molecule has 2 aromatic rings. The van der Waals surface area contributed by atoms with Gasteiger partial charge in [0.05, 0.1) is 4.90 Å². The van der Waals surface area contributed by atoms with Crippen molar-refractivity contribution in [1.29, 1.82) is 0 Å². The van der Waals surface area contributed by atoms with Crippen molar-refractivity contribution in [2.24, 2.45) is 5.92 Å². The van der Waals surface area contributed by atoms with Crippen LogP contribution in [-0.2, 0) is 14.8 Å². The van der Waals surface area contributed by atoms with Crippen molar-refractivity contribution in [2.45, 2.75) is 24.8 Å². The highest BCUT2D eigenvalue weighted by Crippen LogP contribution is 2.21. The molecule has 33 heavy (non-hydrogen) atoms. The van der Waals surface area contributed by atoms with Crippen molar-refractivity contribution in [2.75, 3.05) is 26.2 Å². The van der Waals surface area contributed by atoms with Gasteiger partial charge in [0, 0.05) is 31.2 Å². The molecule has 0 radical (unpaired) electrons. The highest BCUT2D eigenvalue weighted by molar-refractivity contribution is 7.89. The average Bonchev–Trinajstić information content (AvgIpc) is 2.77. The van der Waals surface area contributed by atoms with Gasteiger partial charge in [-0.2, -0.15) is 4.31 Å². The summed E-state index contributed by atoms with van der Waals surface area (Å²) in [5.41, 5.74) is -0.755. The van der Waals surface area contributed by atoms with Gasteiger partial charge in [-0.1, -0.05) is 31.5 Å². The topological polar surface area (TPSA) is 86.8 Å². The highest BCUT2D eigenvalue weighted by Gasteiger charge is 2.35. The molecule has 0 saturated carbocycles. The monoisotopic (exact) mass is 499 g/mol. The largest absolute Gasteiger partial charge is 0.340 e. The molecule has 0 spiro atoms. The lowest BCUT2D eigenvalue weighted by Gasteiger charge is -2.36. The van der Waals surface area contributed by atoms with E-state index in [1.165, 1.54) is 33.5 Å². The summed E-state index contributed by atoms with van der Waals surface area (Å²) in [5, 5.41) is 2.85. The molecule has 0 unspecified atom stereocenters. The van der Waals surface area contributed by atoms with E-state index >= 15 is 0 Å². The van der Waals surface area contributed by atoms with Crippen molar-refractivity contribution in [3.63, 3.8) is 0 Å². The lowest BCUT2D eigenvalue weighted by Crippen LogP contribution is -2.57. The van der Waals surface area contributed by atoms with E-state index in [4.69, 9.17) is 11.6 Å². The standard InChI is InChI=1S/C22H24ClF2N3O4S/c1-14(2)20(26-21(29)19-17(24)4-3-5-18(19)25)22(30)27-10-12-28(13-11-27)33(31,32)16-8-6-15(23)7-9-16/h3-9,14,20H,10-13H2,1-2H3,(H,26,29)/t20-/m0/s1. The third-order valence-electron chi connectivity index (χ3n) is 5.41. The van der Waals surface area contributed by atoms with Crippen LogP contribution in [0.5, 0.6) is 0 Å². The maximum absolute atomic E-state index is 14.0. The Morgan fingerprint density at radius 3 is 2.03 bits per heavy atom. The first kappa shape index (κ1) is 25.1. The van der Waals surface area contributed by atoms with Crippen LogP contribution >= 0.6 is 11.6 Å². The van der Waals surface area contributed by atoms with Crippen molar-refractivity contribution in [3.05, 3.63) is 64.7 Å². The smallest absolute Gasteiger partial charge is 0.257 e. The number of hydrogen-bond donors (Lipinski definition) is 1. The first-order chi connectivity index (χ1) is 15.5. The minimum Gasteiger partial charge on any atom is -0.340 e. The molecule has 1 N–H and O–H groups in total. The lowest BCUT2D eigenvalue weighted by atomic mass is 10.0. The molecule has 0 aliphatic carbocycles. The molecule has 1 fully saturated rings. The predicted molar refractivity (Wildman–Crippen MR) is 119 cm³/mol. The third kappa shape index (κ3) is 5.51. The quantitative estimate of drug-likeness (QED) is 0.662. The fraction of sp³-hybridized carbons (Fsp3) is 0.364. The van der Waals surface area contributed by atoms with Gasteiger partial charge in [0.15, 0.2) is 0 Å². The van der Waals surface area contributed by atoms with Gasteiger partial charge < -0.3 is 10.2 Å². The summed E-state index contributed by atoms with van der Waals surface area (Å²) in [5.74, 6) is -3.89. The van der Waals surface area contributed by atoms with E-state index in [1.807, 2.05) is 0 Å². The minimum atomic E-state index is -3.75. The Bertz CT molecular complexity index is 1110.